The SMILES string of the molecule is CCCN1Cc2[nH]c3ccccc3c2C[C@H]1C(=O)N[C@H]1CCCC[C@@H]1NC(=O)[C@@H]1Cc2c([nH]c3ccccc23)CN1CCC. The van der Waals surface area contributed by atoms with Crippen molar-refractivity contribution in [1.29, 1.82) is 0 Å². The number of amides is 2. The second-order valence-corrected chi connectivity index (χ2v) is 13.2. The van der Waals surface area contributed by atoms with E-state index in [2.05, 4.69) is 92.8 Å². The van der Waals surface area contributed by atoms with Gasteiger partial charge in [0.25, 0.3) is 0 Å². The number of nitrogens with one attached hydrogen (secondary N) is 4. The molecule has 2 aliphatic heterocycles. The number of nitrogens with zero attached hydrogens (tertiary/aromatic N) is 2. The highest BCUT2D eigenvalue weighted by Gasteiger charge is 2.38. The van der Waals surface area contributed by atoms with E-state index in [1.807, 2.05) is 0 Å². The largest absolute Gasteiger partial charge is 0.357 e. The van der Waals surface area contributed by atoms with Crippen LogP contribution in [0.4, 0.5) is 0 Å². The Kier molecular flexibility index (Phi) is 8.21. The maximum absolute atomic E-state index is 14.0. The van der Waals surface area contributed by atoms with E-state index in [9.17, 15) is 9.59 Å². The molecule has 232 valence electrons. The molecule has 2 amide bonds. The van der Waals surface area contributed by atoms with Crippen LogP contribution in [-0.2, 0) is 35.5 Å². The molecule has 7 rings (SSSR count). The van der Waals surface area contributed by atoms with E-state index < -0.39 is 0 Å². The maximum Gasteiger partial charge on any atom is 0.238 e. The average molecular weight is 595 g/mol. The van der Waals surface area contributed by atoms with Crippen molar-refractivity contribution in [2.24, 2.45) is 0 Å². The molecule has 3 aliphatic rings. The first-order valence-electron chi connectivity index (χ1n) is 16.8. The van der Waals surface area contributed by atoms with Gasteiger partial charge in [-0.3, -0.25) is 19.4 Å². The number of carbonyl (C=O) groups is 2. The third-order valence-electron chi connectivity index (χ3n) is 10.3. The van der Waals surface area contributed by atoms with Gasteiger partial charge < -0.3 is 20.6 Å². The number of carbonyl (C=O) groups excluding carboxylic acids is 2. The van der Waals surface area contributed by atoms with Gasteiger partial charge in [-0.15, -0.1) is 0 Å². The van der Waals surface area contributed by atoms with Gasteiger partial charge in [0.05, 0.1) is 12.1 Å². The van der Waals surface area contributed by atoms with Crippen LogP contribution in [0.1, 0.15) is 74.9 Å². The van der Waals surface area contributed by atoms with Gasteiger partial charge in [-0.25, -0.2) is 0 Å². The molecule has 2 aromatic carbocycles. The average Bonchev–Trinajstić information content (AvgIpc) is 3.58. The summed E-state index contributed by atoms with van der Waals surface area (Å²) in [6.07, 6.45) is 7.32. The summed E-state index contributed by atoms with van der Waals surface area (Å²) in [6.45, 7) is 7.62. The number of aromatic amines is 2. The number of aromatic nitrogens is 2. The van der Waals surface area contributed by atoms with Crippen LogP contribution in [0, 0.1) is 0 Å². The molecule has 1 fully saturated rings. The minimum absolute atomic E-state index is 0.0556. The van der Waals surface area contributed by atoms with Crippen molar-refractivity contribution in [3.8, 4) is 0 Å². The summed E-state index contributed by atoms with van der Waals surface area (Å²) in [7, 11) is 0. The van der Waals surface area contributed by atoms with Crippen LogP contribution in [0.25, 0.3) is 21.8 Å². The molecule has 4 N–H and O–H groups in total. The first kappa shape index (κ1) is 29.1. The highest BCUT2D eigenvalue weighted by Crippen LogP contribution is 2.32. The van der Waals surface area contributed by atoms with Crippen LogP contribution >= 0.6 is 0 Å². The highest BCUT2D eigenvalue weighted by molar-refractivity contribution is 5.89. The minimum atomic E-state index is -0.210. The summed E-state index contributed by atoms with van der Waals surface area (Å²) >= 11 is 0. The number of hydrogen-bond acceptors (Lipinski definition) is 4. The number of para-hydroxylation sites is 2. The first-order chi connectivity index (χ1) is 21.5. The van der Waals surface area contributed by atoms with Crippen molar-refractivity contribution < 1.29 is 9.59 Å². The topological polar surface area (TPSA) is 96.3 Å². The molecular formula is C36H46N6O2. The summed E-state index contributed by atoms with van der Waals surface area (Å²) in [4.78, 5) is 39.9. The number of H-pyrrole nitrogens is 2. The van der Waals surface area contributed by atoms with Gasteiger partial charge in [0.2, 0.25) is 11.8 Å². The summed E-state index contributed by atoms with van der Waals surface area (Å²) < 4.78 is 0. The molecule has 1 aliphatic carbocycles. The van der Waals surface area contributed by atoms with Gasteiger partial charge in [-0.05, 0) is 74.9 Å². The molecule has 4 aromatic rings. The summed E-state index contributed by atoms with van der Waals surface area (Å²) in [6, 6.07) is 16.3. The lowest BCUT2D eigenvalue weighted by molar-refractivity contribution is -0.131. The van der Waals surface area contributed by atoms with Crippen LogP contribution in [0.2, 0.25) is 0 Å². The fraction of sp³-hybridized carbons (Fsp3) is 0.500. The number of hydrogen-bond donors (Lipinski definition) is 4. The molecule has 0 saturated heterocycles. The van der Waals surface area contributed by atoms with E-state index in [0.29, 0.717) is 12.8 Å². The van der Waals surface area contributed by atoms with Gasteiger partial charge in [-0.2, -0.15) is 0 Å². The van der Waals surface area contributed by atoms with Gasteiger partial charge >= 0.3 is 0 Å². The predicted molar refractivity (Wildman–Crippen MR) is 175 cm³/mol. The maximum atomic E-state index is 14.0. The Morgan fingerprint density at radius 2 is 1.14 bits per heavy atom. The molecule has 0 bridgehead atoms. The first-order valence-corrected chi connectivity index (χ1v) is 16.8. The molecule has 2 aromatic heterocycles. The van der Waals surface area contributed by atoms with E-state index in [1.165, 1.54) is 33.3 Å². The number of fused-ring (bicyclic) bond motifs is 6. The monoisotopic (exact) mass is 594 g/mol. The summed E-state index contributed by atoms with van der Waals surface area (Å²) in [5.74, 6) is 0.184. The quantitative estimate of drug-likeness (QED) is 0.227. The van der Waals surface area contributed by atoms with Crippen molar-refractivity contribution >= 4 is 33.6 Å². The van der Waals surface area contributed by atoms with E-state index >= 15 is 0 Å². The summed E-state index contributed by atoms with van der Waals surface area (Å²) in [5.41, 5.74) is 7.29. The van der Waals surface area contributed by atoms with Crippen molar-refractivity contribution in [2.45, 2.75) is 102 Å². The lowest BCUT2D eigenvalue weighted by Crippen LogP contribution is -2.60. The third-order valence-corrected chi connectivity index (χ3v) is 10.3. The molecule has 4 atom stereocenters. The molecule has 0 spiro atoms. The van der Waals surface area contributed by atoms with Crippen molar-refractivity contribution in [3.05, 3.63) is 71.0 Å². The Balaban J connectivity index is 1.07. The highest BCUT2D eigenvalue weighted by atomic mass is 16.2. The predicted octanol–water partition coefficient (Wildman–Crippen LogP) is 5.17. The fourth-order valence-corrected chi connectivity index (χ4v) is 8.11. The van der Waals surface area contributed by atoms with Crippen molar-refractivity contribution in [2.75, 3.05) is 13.1 Å². The lowest BCUT2D eigenvalue weighted by Gasteiger charge is -2.39. The van der Waals surface area contributed by atoms with E-state index in [4.69, 9.17) is 0 Å². The number of rotatable bonds is 8. The van der Waals surface area contributed by atoms with Crippen molar-refractivity contribution in [1.82, 2.24) is 30.4 Å². The molecule has 4 heterocycles. The number of benzene rings is 2. The molecule has 8 heteroatoms. The molecule has 0 radical (unpaired) electrons. The second kappa shape index (κ2) is 12.4. The molecule has 8 nitrogen and oxygen atoms in total. The molecule has 44 heavy (non-hydrogen) atoms. The molecule has 0 unspecified atom stereocenters. The lowest BCUT2D eigenvalue weighted by atomic mass is 9.88. The Morgan fingerprint density at radius 1 is 0.705 bits per heavy atom. The van der Waals surface area contributed by atoms with E-state index in [1.54, 1.807) is 0 Å². The Labute approximate surface area is 259 Å². The van der Waals surface area contributed by atoms with Gasteiger partial charge in [0.15, 0.2) is 0 Å². The van der Waals surface area contributed by atoms with E-state index in [0.717, 1.165) is 75.7 Å². The zero-order chi connectivity index (χ0) is 30.2. The van der Waals surface area contributed by atoms with Crippen LogP contribution < -0.4 is 10.6 Å². The minimum Gasteiger partial charge on any atom is -0.357 e. The Morgan fingerprint density at radius 3 is 1.57 bits per heavy atom. The van der Waals surface area contributed by atoms with Crippen molar-refractivity contribution in [3.63, 3.8) is 0 Å². The summed E-state index contributed by atoms with van der Waals surface area (Å²) in [5, 5.41) is 9.36. The third kappa shape index (κ3) is 5.43. The Hall–Kier alpha value is -3.62. The second-order valence-electron chi connectivity index (χ2n) is 13.2. The van der Waals surface area contributed by atoms with Crippen LogP contribution in [0.15, 0.2) is 48.5 Å². The molecular weight excluding hydrogens is 548 g/mol. The smallest absolute Gasteiger partial charge is 0.238 e. The van der Waals surface area contributed by atoms with Crippen LogP contribution in [0.5, 0.6) is 0 Å². The van der Waals surface area contributed by atoms with Crippen LogP contribution in [-0.4, -0.2) is 68.8 Å². The Bertz CT molecular complexity index is 1530. The molecule has 1 saturated carbocycles. The van der Waals surface area contributed by atoms with Gasteiger partial charge in [-0.1, -0.05) is 63.1 Å². The van der Waals surface area contributed by atoms with E-state index in [-0.39, 0.29) is 36.0 Å². The van der Waals surface area contributed by atoms with Gasteiger partial charge in [0.1, 0.15) is 0 Å². The zero-order valence-corrected chi connectivity index (χ0v) is 26.1. The zero-order valence-electron chi connectivity index (χ0n) is 26.1. The standard InChI is InChI=1S/C36H46N6O2/c1-3-17-41-21-31-25(23-11-5-7-13-27(23)37-31)19-33(41)35(43)39-29-15-9-10-16-30(29)40-36(44)34-20-26-24-12-6-8-14-28(24)38-32(26)22-42(34)18-4-2/h5-8,11-14,29-30,33-34,37-38H,3-4,9-10,15-22H2,1-2H3,(H,39,43)(H,40,44)/t29-,30-,33-,34-/m0/s1. The normalized spacial score (nSPS) is 24.2. The van der Waals surface area contributed by atoms with Gasteiger partial charge in [0, 0.05) is 58.4 Å². The van der Waals surface area contributed by atoms with Crippen LogP contribution in [0.3, 0.4) is 0 Å². The fourth-order valence-electron chi connectivity index (χ4n) is 8.11.